The summed E-state index contributed by atoms with van der Waals surface area (Å²) in [6, 6.07) is 5.15. The first-order valence-electron chi connectivity index (χ1n) is 2.92. The van der Waals surface area contributed by atoms with Crippen LogP contribution in [0.1, 0.15) is 5.69 Å². The lowest BCUT2D eigenvalue weighted by atomic mass is 10.3. The second kappa shape index (κ2) is 3.62. The van der Waals surface area contributed by atoms with Crippen molar-refractivity contribution in [2.24, 2.45) is 0 Å². The van der Waals surface area contributed by atoms with Gasteiger partial charge < -0.3 is 0 Å². The van der Waals surface area contributed by atoms with E-state index in [0.29, 0.717) is 9.26 Å². The van der Waals surface area contributed by atoms with Gasteiger partial charge in [-0.15, -0.1) is 0 Å². The molecule has 0 aliphatic carbocycles. The predicted molar refractivity (Wildman–Crippen MR) is 46.2 cm³/mol. The molecule has 1 aromatic rings. The van der Waals surface area contributed by atoms with Gasteiger partial charge in [0.05, 0.1) is 21.8 Å². The Kier molecular flexibility index (Phi) is 2.76. The molecule has 0 saturated heterocycles. The number of pyridine rings is 1. The van der Waals surface area contributed by atoms with Gasteiger partial charge >= 0.3 is 0 Å². The van der Waals surface area contributed by atoms with Crippen LogP contribution in [0.2, 0.25) is 0 Å². The maximum Gasteiger partial charge on any atom is 0.226 e. The van der Waals surface area contributed by atoms with Crippen molar-refractivity contribution >= 4 is 22.6 Å². The van der Waals surface area contributed by atoms with E-state index in [1.165, 1.54) is 0 Å². The number of halogens is 2. The summed E-state index contributed by atoms with van der Waals surface area (Å²) in [7, 11) is 0. The van der Waals surface area contributed by atoms with Crippen molar-refractivity contribution in [1.82, 2.24) is 4.98 Å². The average molecular weight is 262 g/mol. The van der Waals surface area contributed by atoms with Gasteiger partial charge in [0.15, 0.2) is 0 Å². The highest BCUT2D eigenvalue weighted by atomic mass is 127. The second-order valence-corrected chi connectivity index (χ2v) is 3.07. The zero-order valence-electron chi connectivity index (χ0n) is 5.51. The number of rotatable bonds is 1. The summed E-state index contributed by atoms with van der Waals surface area (Å²) in [5, 5.41) is 8.27. The van der Waals surface area contributed by atoms with Crippen molar-refractivity contribution in [3.05, 3.63) is 27.3 Å². The van der Waals surface area contributed by atoms with Gasteiger partial charge in [-0.2, -0.15) is 9.65 Å². The molecule has 0 aromatic carbocycles. The predicted octanol–water partition coefficient (Wildman–Crippen LogP) is 1.89. The number of nitrogens with zero attached hydrogens (tertiary/aromatic N) is 2. The van der Waals surface area contributed by atoms with E-state index in [1.807, 2.05) is 28.7 Å². The van der Waals surface area contributed by atoms with Crippen molar-refractivity contribution in [2.45, 2.75) is 6.42 Å². The fraction of sp³-hybridized carbons (Fsp3) is 0.143. The molecule has 0 fully saturated rings. The van der Waals surface area contributed by atoms with Crippen LogP contribution in [0.3, 0.4) is 0 Å². The second-order valence-electron chi connectivity index (χ2n) is 1.91. The van der Waals surface area contributed by atoms with Gasteiger partial charge in [-0.05, 0) is 34.7 Å². The van der Waals surface area contributed by atoms with Gasteiger partial charge in [0.1, 0.15) is 0 Å². The average Bonchev–Trinajstić information content (AvgIpc) is 1.98. The number of hydrogen-bond donors (Lipinski definition) is 0. The molecule has 0 atom stereocenters. The summed E-state index contributed by atoms with van der Waals surface area (Å²) in [6.45, 7) is 0. The SMILES string of the molecule is N#CCc1ccc(I)c(F)n1. The largest absolute Gasteiger partial charge is 0.226 e. The molecule has 1 aromatic heterocycles. The minimum atomic E-state index is -0.502. The Balaban J connectivity index is 2.98. The zero-order chi connectivity index (χ0) is 8.27. The minimum Gasteiger partial charge on any atom is -0.223 e. The molecule has 0 saturated carbocycles. The molecule has 11 heavy (non-hydrogen) atoms. The first kappa shape index (κ1) is 8.40. The fourth-order valence-electron chi connectivity index (χ4n) is 0.634. The third kappa shape index (κ3) is 2.12. The van der Waals surface area contributed by atoms with Crippen LogP contribution in [-0.4, -0.2) is 4.98 Å². The molecule has 56 valence electrons. The molecule has 0 aliphatic rings. The maximum atomic E-state index is 12.7. The number of hydrogen-bond acceptors (Lipinski definition) is 2. The minimum absolute atomic E-state index is 0.161. The lowest BCUT2D eigenvalue weighted by Crippen LogP contribution is -1.93. The summed E-state index contributed by atoms with van der Waals surface area (Å²) in [4.78, 5) is 3.57. The quantitative estimate of drug-likeness (QED) is 0.572. The van der Waals surface area contributed by atoms with Crippen LogP contribution < -0.4 is 0 Å². The summed E-state index contributed by atoms with van der Waals surface area (Å²) >= 11 is 1.85. The van der Waals surface area contributed by atoms with E-state index in [9.17, 15) is 4.39 Å². The third-order valence-corrected chi connectivity index (χ3v) is 1.93. The van der Waals surface area contributed by atoms with Crippen LogP contribution in [0.5, 0.6) is 0 Å². The Morgan fingerprint density at radius 1 is 1.64 bits per heavy atom. The standard InChI is InChI=1S/C7H4FIN2/c8-7-6(9)2-1-5(11-7)3-4-10/h1-2H,3H2. The van der Waals surface area contributed by atoms with Crippen LogP contribution in [0.25, 0.3) is 0 Å². The molecular weight excluding hydrogens is 258 g/mol. The fourth-order valence-corrected chi connectivity index (χ4v) is 0.935. The van der Waals surface area contributed by atoms with Crippen LogP contribution in [0, 0.1) is 20.8 Å². The molecule has 0 aliphatic heterocycles. The lowest BCUT2D eigenvalue weighted by Gasteiger charge is -1.94. The van der Waals surface area contributed by atoms with E-state index in [1.54, 1.807) is 12.1 Å². The molecule has 0 unspecified atom stereocenters. The number of aromatic nitrogens is 1. The Labute approximate surface area is 77.2 Å². The highest BCUT2D eigenvalue weighted by molar-refractivity contribution is 14.1. The van der Waals surface area contributed by atoms with Crippen LogP contribution in [0.15, 0.2) is 12.1 Å². The summed E-state index contributed by atoms with van der Waals surface area (Å²) in [6.07, 6.45) is 0.161. The molecule has 0 spiro atoms. The molecular formula is C7H4FIN2. The first-order valence-corrected chi connectivity index (χ1v) is 4.00. The van der Waals surface area contributed by atoms with E-state index in [0.717, 1.165) is 0 Å². The van der Waals surface area contributed by atoms with E-state index < -0.39 is 5.95 Å². The van der Waals surface area contributed by atoms with E-state index in [-0.39, 0.29) is 6.42 Å². The van der Waals surface area contributed by atoms with Crippen molar-refractivity contribution in [1.29, 1.82) is 5.26 Å². The van der Waals surface area contributed by atoms with Crippen molar-refractivity contribution in [3.8, 4) is 6.07 Å². The van der Waals surface area contributed by atoms with Crippen LogP contribution in [0.4, 0.5) is 4.39 Å². The van der Waals surface area contributed by atoms with Gasteiger partial charge in [0.2, 0.25) is 5.95 Å². The molecule has 0 amide bonds. The van der Waals surface area contributed by atoms with Crippen molar-refractivity contribution < 1.29 is 4.39 Å². The Hall–Kier alpha value is -0.700. The molecule has 0 N–H and O–H groups in total. The topological polar surface area (TPSA) is 36.7 Å². The highest BCUT2D eigenvalue weighted by Gasteiger charge is 2.00. The summed E-state index contributed by atoms with van der Waals surface area (Å²) < 4.78 is 13.2. The lowest BCUT2D eigenvalue weighted by molar-refractivity contribution is 0.571. The summed E-state index contributed by atoms with van der Waals surface area (Å²) in [5.41, 5.74) is 0.477. The Morgan fingerprint density at radius 3 is 2.91 bits per heavy atom. The van der Waals surface area contributed by atoms with Crippen molar-refractivity contribution in [3.63, 3.8) is 0 Å². The molecule has 0 bridgehead atoms. The third-order valence-electron chi connectivity index (χ3n) is 1.12. The van der Waals surface area contributed by atoms with Crippen LogP contribution >= 0.6 is 22.6 Å². The molecule has 2 nitrogen and oxygen atoms in total. The van der Waals surface area contributed by atoms with Crippen LogP contribution in [-0.2, 0) is 6.42 Å². The Morgan fingerprint density at radius 2 is 2.36 bits per heavy atom. The smallest absolute Gasteiger partial charge is 0.223 e. The highest BCUT2D eigenvalue weighted by Crippen LogP contribution is 2.08. The molecule has 1 rings (SSSR count). The van der Waals surface area contributed by atoms with E-state index >= 15 is 0 Å². The Bertz CT molecular complexity index is 306. The van der Waals surface area contributed by atoms with Gasteiger partial charge in [0.25, 0.3) is 0 Å². The van der Waals surface area contributed by atoms with Crippen molar-refractivity contribution in [2.75, 3.05) is 0 Å². The molecule has 4 heteroatoms. The zero-order valence-corrected chi connectivity index (χ0v) is 7.67. The molecule has 1 heterocycles. The first-order chi connectivity index (χ1) is 5.24. The monoisotopic (exact) mass is 262 g/mol. The van der Waals surface area contributed by atoms with Gasteiger partial charge in [-0.25, -0.2) is 4.98 Å². The number of nitriles is 1. The van der Waals surface area contributed by atoms with E-state index in [2.05, 4.69) is 4.98 Å². The van der Waals surface area contributed by atoms with Gasteiger partial charge in [0, 0.05) is 0 Å². The van der Waals surface area contributed by atoms with E-state index in [4.69, 9.17) is 5.26 Å². The van der Waals surface area contributed by atoms with Gasteiger partial charge in [-0.1, -0.05) is 0 Å². The normalized spacial score (nSPS) is 9.18. The maximum absolute atomic E-state index is 12.7. The molecule has 0 radical (unpaired) electrons. The summed E-state index contributed by atoms with van der Waals surface area (Å²) in [5.74, 6) is -0.502. The van der Waals surface area contributed by atoms with Gasteiger partial charge in [-0.3, -0.25) is 0 Å².